The summed E-state index contributed by atoms with van der Waals surface area (Å²) in [4.78, 5) is 24.4. The van der Waals surface area contributed by atoms with Crippen LogP contribution in [0.1, 0.15) is 15.9 Å². The number of hydrogen-bond donors (Lipinski definition) is 1. The largest absolute Gasteiger partial charge is 0.467 e. The van der Waals surface area contributed by atoms with E-state index >= 15 is 0 Å². The van der Waals surface area contributed by atoms with Crippen LogP contribution in [-0.2, 0) is 16.0 Å². The summed E-state index contributed by atoms with van der Waals surface area (Å²) in [5.41, 5.74) is 0.746. The van der Waals surface area contributed by atoms with E-state index < -0.39 is 29.6 Å². The number of esters is 1. The summed E-state index contributed by atoms with van der Waals surface area (Å²) >= 11 is 0. The van der Waals surface area contributed by atoms with Crippen LogP contribution in [0.25, 0.3) is 10.8 Å². The van der Waals surface area contributed by atoms with Gasteiger partial charge in [0.15, 0.2) is 11.6 Å². The lowest BCUT2D eigenvalue weighted by Crippen LogP contribution is -2.43. The molecule has 0 saturated heterocycles. The Morgan fingerprint density at radius 3 is 2.41 bits per heavy atom. The van der Waals surface area contributed by atoms with Gasteiger partial charge in [-0.05, 0) is 34.5 Å². The normalized spacial score (nSPS) is 11.8. The van der Waals surface area contributed by atoms with Crippen LogP contribution in [0.3, 0.4) is 0 Å². The first-order valence-corrected chi connectivity index (χ1v) is 8.29. The average Bonchev–Trinajstić information content (AvgIpc) is 2.68. The molecule has 3 aromatic rings. The van der Waals surface area contributed by atoms with E-state index in [1.165, 1.54) is 7.11 Å². The minimum Gasteiger partial charge on any atom is -0.467 e. The molecule has 138 valence electrons. The molecule has 4 nitrogen and oxygen atoms in total. The summed E-state index contributed by atoms with van der Waals surface area (Å²) in [5, 5.41) is 4.59. The third-order valence-corrected chi connectivity index (χ3v) is 4.23. The Kier molecular flexibility index (Phi) is 5.45. The smallest absolute Gasteiger partial charge is 0.328 e. The molecule has 0 fully saturated rings. The molecule has 0 aromatic heterocycles. The standard InChI is InChI=1S/C21H17F2NO3/c1-27-21(26)19(24-20(25)16-8-9-17(22)18(23)12-16)11-13-6-7-14-4-2-3-5-15(14)10-13/h2-10,12,19H,11H2,1H3,(H,24,25)/t19-/m1/s1. The predicted molar refractivity (Wildman–Crippen MR) is 97.3 cm³/mol. The predicted octanol–water partition coefficient (Wildman–Crippen LogP) is 3.63. The molecular formula is C21H17F2NO3. The van der Waals surface area contributed by atoms with Gasteiger partial charge >= 0.3 is 5.97 Å². The molecule has 0 aliphatic heterocycles. The molecule has 1 amide bonds. The van der Waals surface area contributed by atoms with Gasteiger partial charge in [-0.25, -0.2) is 13.6 Å². The summed E-state index contributed by atoms with van der Waals surface area (Å²) < 4.78 is 31.2. The first kappa shape index (κ1) is 18.5. The van der Waals surface area contributed by atoms with E-state index in [9.17, 15) is 18.4 Å². The Bertz CT molecular complexity index is 1000. The molecule has 3 rings (SSSR count). The van der Waals surface area contributed by atoms with Gasteiger partial charge in [-0.1, -0.05) is 42.5 Å². The highest BCUT2D eigenvalue weighted by Gasteiger charge is 2.23. The molecule has 0 unspecified atom stereocenters. The fourth-order valence-electron chi connectivity index (χ4n) is 2.82. The summed E-state index contributed by atoms with van der Waals surface area (Å²) in [7, 11) is 1.22. The quantitative estimate of drug-likeness (QED) is 0.699. The second kappa shape index (κ2) is 7.95. The van der Waals surface area contributed by atoms with Gasteiger partial charge in [0.2, 0.25) is 0 Å². The van der Waals surface area contributed by atoms with Gasteiger partial charge in [0.05, 0.1) is 7.11 Å². The molecule has 1 atom stereocenters. The van der Waals surface area contributed by atoms with Crippen LogP contribution in [-0.4, -0.2) is 25.0 Å². The molecule has 1 N–H and O–H groups in total. The van der Waals surface area contributed by atoms with Crippen molar-refractivity contribution in [2.45, 2.75) is 12.5 Å². The number of nitrogens with one attached hydrogen (secondary N) is 1. The molecule has 0 bridgehead atoms. The molecule has 0 heterocycles. The molecule has 3 aromatic carbocycles. The Balaban J connectivity index is 1.81. The number of methoxy groups -OCH3 is 1. The number of amides is 1. The lowest BCUT2D eigenvalue weighted by atomic mass is 10.0. The maximum absolute atomic E-state index is 13.4. The molecule has 27 heavy (non-hydrogen) atoms. The van der Waals surface area contributed by atoms with E-state index in [0.29, 0.717) is 0 Å². The van der Waals surface area contributed by atoms with Crippen molar-refractivity contribution in [1.29, 1.82) is 0 Å². The second-order valence-electron chi connectivity index (χ2n) is 6.06. The van der Waals surface area contributed by atoms with E-state index in [-0.39, 0.29) is 12.0 Å². The van der Waals surface area contributed by atoms with Crippen molar-refractivity contribution >= 4 is 22.6 Å². The fraction of sp³-hybridized carbons (Fsp3) is 0.143. The molecule has 0 aliphatic carbocycles. The number of carbonyl (C=O) groups is 2. The highest BCUT2D eigenvalue weighted by Crippen LogP contribution is 2.17. The van der Waals surface area contributed by atoms with E-state index in [1.807, 2.05) is 42.5 Å². The number of halogens is 2. The third-order valence-electron chi connectivity index (χ3n) is 4.23. The Labute approximate surface area is 154 Å². The molecule has 0 spiro atoms. The van der Waals surface area contributed by atoms with Crippen LogP contribution in [0.2, 0.25) is 0 Å². The molecule has 0 saturated carbocycles. The topological polar surface area (TPSA) is 55.4 Å². The van der Waals surface area contributed by atoms with Crippen molar-refractivity contribution in [1.82, 2.24) is 5.32 Å². The highest BCUT2D eigenvalue weighted by atomic mass is 19.2. The number of benzene rings is 3. The van der Waals surface area contributed by atoms with Crippen LogP contribution in [0.4, 0.5) is 8.78 Å². The van der Waals surface area contributed by atoms with E-state index in [4.69, 9.17) is 4.74 Å². The maximum Gasteiger partial charge on any atom is 0.328 e. The van der Waals surface area contributed by atoms with Crippen molar-refractivity contribution in [2.24, 2.45) is 0 Å². The number of rotatable bonds is 5. The van der Waals surface area contributed by atoms with Gasteiger partial charge in [0, 0.05) is 12.0 Å². The average molecular weight is 369 g/mol. The van der Waals surface area contributed by atoms with E-state index in [1.54, 1.807) is 0 Å². The zero-order valence-electron chi connectivity index (χ0n) is 14.5. The van der Waals surface area contributed by atoms with Crippen LogP contribution >= 0.6 is 0 Å². The van der Waals surface area contributed by atoms with Crippen molar-refractivity contribution in [3.05, 3.63) is 83.4 Å². The summed E-state index contributed by atoms with van der Waals surface area (Å²) in [5.74, 6) is -3.50. The van der Waals surface area contributed by atoms with Gasteiger partial charge in [0.1, 0.15) is 6.04 Å². The lowest BCUT2D eigenvalue weighted by Gasteiger charge is -2.17. The van der Waals surface area contributed by atoms with Crippen LogP contribution < -0.4 is 5.32 Å². The monoisotopic (exact) mass is 369 g/mol. The van der Waals surface area contributed by atoms with Crippen molar-refractivity contribution in [3.8, 4) is 0 Å². The minimum absolute atomic E-state index is 0.0821. The van der Waals surface area contributed by atoms with E-state index in [0.717, 1.165) is 34.5 Å². The zero-order chi connectivity index (χ0) is 19.4. The number of ether oxygens (including phenoxy) is 1. The van der Waals surface area contributed by atoms with Gasteiger partial charge in [-0.3, -0.25) is 4.79 Å². The zero-order valence-corrected chi connectivity index (χ0v) is 14.5. The van der Waals surface area contributed by atoms with Gasteiger partial charge in [-0.2, -0.15) is 0 Å². The van der Waals surface area contributed by atoms with E-state index in [2.05, 4.69) is 5.32 Å². The fourth-order valence-corrected chi connectivity index (χ4v) is 2.82. The molecule has 0 aliphatic rings. The molecule has 6 heteroatoms. The first-order chi connectivity index (χ1) is 13.0. The Morgan fingerprint density at radius 1 is 0.963 bits per heavy atom. The SMILES string of the molecule is COC(=O)[C@@H](Cc1ccc2ccccc2c1)NC(=O)c1ccc(F)c(F)c1. The summed E-state index contributed by atoms with van der Waals surface area (Å²) in [6, 6.07) is 15.3. The van der Waals surface area contributed by atoms with Crippen LogP contribution in [0.5, 0.6) is 0 Å². The van der Waals surface area contributed by atoms with Crippen molar-refractivity contribution < 1.29 is 23.1 Å². The Morgan fingerprint density at radius 2 is 1.70 bits per heavy atom. The third kappa shape index (κ3) is 4.28. The number of fused-ring (bicyclic) bond motifs is 1. The van der Waals surface area contributed by atoms with Gasteiger partial charge in [-0.15, -0.1) is 0 Å². The number of hydrogen-bond acceptors (Lipinski definition) is 3. The minimum atomic E-state index is -1.13. The molecule has 0 radical (unpaired) electrons. The van der Waals surface area contributed by atoms with Crippen molar-refractivity contribution in [3.63, 3.8) is 0 Å². The van der Waals surface area contributed by atoms with Crippen LogP contribution in [0.15, 0.2) is 60.7 Å². The van der Waals surface area contributed by atoms with Crippen LogP contribution in [0, 0.1) is 11.6 Å². The first-order valence-electron chi connectivity index (χ1n) is 8.29. The summed E-state index contributed by atoms with van der Waals surface area (Å²) in [6.45, 7) is 0. The van der Waals surface area contributed by atoms with Crippen molar-refractivity contribution in [2.75, 3.05) is 7.11 Å². The molecular weight excluding hydrogens is 352 g/mol. The lowest BCUT2D eigenvalue weighted by molar-refractivity contribution is -0.142. The van der Waals surface area contributed by atoms with Gasteiger partial charge < -0.3 is 10.1 Å². The highest BCUT2D eigenvalue weighted by molar-refractivity contribution is 5.96. The Hall–Kier alpha value is -3.28. The maximum atomic E-state index is 13.4. The second-order valence-corrected chi connectivity index (χ2v) is 6.06. The summed E-state index contributed by atoms with van der Waals surface area (Å²) in [6.07, 6.45) is 0.201. The number of carbonyl (C=O) groups excluding carboxylic acids is 2. The van der Waals surface area contributed by atoms with Gasteiger partial charge in [0.25, 0.3) is 5.91 Å².